The SMILES string of the molecule is O=C(NC1CCCCCC1)c1cncc(Nc2ccccc2N2CCOCC2)c1. The van der Waals surface area contributed by atoms with Crippen LogP contribution in [0.3, 0.4) is 0 Å². The highest BCUT2D eigenvalue weighted by molar-refractivity contribution is 5.95. The Hall–Kier alpha value is -2.60. The van der Waals surface area contributed by atoms with E-state index < -0.39 is 0 Å². The van der Waals surface area contributed by atoms with Gasteiger partial charge in [-0.25, -0.2) is 0 Å². The molecule has 1 aromatic heterocycles. The lowest BCUT2D eigenvalue weighted by atomic mass is 10.1. The van der Waals surface area contributed by atoms with Gasteiger partial charge in [0.1, 0.15) is 0 Å². The maximum atomic E-state index is 12.7. The van der Waals surface area contributed by atoms with E-state index in [9.17, 15) is 4.79 Å². The summed E-state index contributed by atoms with van der Waals surface area (Å²) in [5, 5.41) is 6.65. The molecule has 1 saturated heterocycles. The molecule has 154 valence electrons. The Labute approximate surface area is 172 Å². The number of anilines is 3. The Morgan fingerprint density at radius 3 is 2.59 bits per heavy atom. The van der Waals surface area contributed by atoms with E-state index in [1.54, 1.807) is 12.4 Å². The molecular formula is C23H30N4O2. The molecule has 2 aromatic rings. The average Bonchev–Trinajstić information content (AvgIpc) is 3.04. The lowest BCUT2D eigenvalue weighted by Crippen LogP contribution is -2.36. The van der Waals surface area contributed by atoms with Crippen molar-refractivity contribution in [3.8, 4) is 0 Å². The molecule has 1 aliphatic heterocycles. The summed E-state index contributed by atoms with van der Waals surface area (Å²) < 4.78 is 5.48. The first-order valence-corrected chi connectivity index (χ1v) is 10.7. The van der Waals surface area contributed by atoms with Crippen molar-refractivity contribution in [2.75, 3.05) is 36.5 Å². The van der Waals surface area contributed by atoms with E-state index >= 15 is 0 Å². The number of nitrogens with one attached hydrogen (secondary N) is 2. The largest absolute Gasteiger partial charge is 0.378 e. The Morgan fingerprint density at radius 1 is 1.03 bits per heavy atom. The molecule has 2 fully saturated rings. The number of amides is 1. The van der Waals surface area contributed by atoms with Crippen LogP contribution in [0.2, 0.25) is 0 Å². The molecule has 0 unspecified atom stereocenters. The lowest BCUT2D eigenvalue weighted by molar-refractivity contribution is 0.0933. The van der Waals surface area contributed by atoms with Gasteiger partial charge in [-0.05, 0) is 31.0 Å². The minimum atomic E-state index is -0.0329. The van der Waals surface area contributed by atoms with Gasteiger partial charge >= 0.3 is 0 Å². The minimum Gasteiger partial charge on any atom is -0.378 e. The van der Waals surface area contributed by atoms with E-state index in [1.807, 2.05) is 18.2 Å². The molecule has 0 atom stereocenters. The molecule has 1 aromatic carbocycles. The Bertz CT molecular complexity index is 812. The summed E-state index contributed by atoms with van der Waals surface area (Å²) in [5.41, 5.74) is 3.57. The van der Waals surface area contributed by atoms with E-state index in [0.717, 1.165) is 56.2 Å². The summed E-state index contributed by atoms with van der Waals surface area (Å²) in [5.74, 6) is -0.0329. The first kappa shape index (κ1) is 19.7. The fourth-order valence-corrected chi connectivity index (χ4v) is 4.14. The number of aromatic nitrogens is 1. The Kier molecular flexibility index (Phi) is 6.62. The van der Waals surface area contributed by atoms with E-state index in [2.05, 4.69) is 32.7 Å². The van der Waals surface area contributed by atoms with Crippen molar-refractivity contribution in [1.29, 1.82) is 0 Å². The highest BCUT2D eigenvalue weighted by Gasteiger charge is 2.17. The lowest BCUT2D eigenvalue weighted by Gasteiger charge is -2.30. The topological polar surface area (TPSA) is 66.5 Å². The summed E-state index contributed by atoms with van der Waals surface area (Å²) >= 11 is 0. The number of nitrogens with zero attached hydrogens (tertiary/aromatic N) is 2. The molecule has 6 nitrogen and oxygen atoms in total. The molecule has 2 N–H and O–H groups in total. The zero-order chi connectivity index (χ0) is 19.9. The van der Waals surface area contributed by atoms with E-state index in [4.69, 9.17) is 4.74 Å². The van der Waals surface area contributed by atoms with Gasteiger partial charge in [-0.15, -0.1) is 0 Å². The van der Waals surface area contributed by atoms with Crippen LogP contribution in [0.15, 0.2) is 42.7 Å². The maximum Gasteiger partial charge on any atom is 0.253 e. The minimum absolute atomic E-state index is 0.0329. The van der Waals surface area contributed by atoms with Crippen molar-refractivity contribution in [2.45, 2.75) is 44.6 Å². The van der Waals surface area contributed by atoms with Crippen molar-refractivity contribution in [3.63, 3.8) is 0 Å². The molecule has 2 heterocycles. The van der Waals surface area contributed by atoms with Gasteiger partial charge in [0, 0.05) is 25.3 Å². The standard InChI is InChI=1S/C23H30N4O2/c28-23(26-19-7-3-1-2-4-8-19)18-15-20(17-24-16-18)25-21-9-5-6-10-22(21)27-11-13-29-14-12-27/h5-6,9-10,15-17,19,25H,1-4,7-8,11-14H2,(H,26,28). The number of hydrogen-bond donors (Lipinski definition) is 2. The average molecular weight is 395 g/mol. The van der Waals surface area contributed by atoms with Gasteiger partial charge in [0.2, 0.25) is 0 Å². The van der Waals surface area contributed by atoms with Gasteiger partial charge < -0.3 is 20.3 Å². The first-order chi connectivity index (χ1) is 14.3. The fourth-order valence-electron chi connectivity index (χ4n) is 4.14. The van der Waals surface area contributed by atoms with Crippen LogP contribution in [0.25, 0.3) is 0 Å². The number of para-hydroxylation sites is 2. The van der Waals surface area contributed by atoms with Crippen molar-refractivity contribution in [2.24, 2.45) is 0 Å². The second kappa shape index (κ2) is 9.74. The summed E-state index contributed by atoms with van der Waals surface area (Å²) in [4.78, 5) is 19.4. The summed E-state index contributed by atoms with van der Waals surface area (Å²) in [6.07, 6.45) is 10.5. The van der Waals surface area contributed by atoms with Crippen LogP contribution < -0.4 is 15.5 Å². The van der Waals surface area contributed by atoms with Gasteiger partial charge in [0.05, 0.1) is 42.0 Å². The third-order valence-corrected chi connectivity index (χ3v) is 5.73. The molecule has 0 radical (unpaired) electrons. The smallest absolute Gasteiger partial charge is 0.253 e. The summed E-state index contributed by atoms with van der Waals surface area (Å²) in [7, 11) is 0. The van der Waals surface area contributed by atoms with Crippen LogP contribution in [0.5, 0.6) is 0 Å². The molecule has 1 amide bonds. The number of rotatable bonds is 5. The van der Waals surface area contributed by atoms with Crippen LogP contribution in [0.4, 0.5) is 17.1 Å². The first-order valence-electron chi connectivity index (χ1n) is 10.7. The maximum absolute atomic E-state index is 12.7. The number of morpholine rings is 1. The number of pyridine rings is 1. The third-order valence-electron chi connectivity index (χ3n) is 5.73. The van der Waals surface area contributed by atoms with Crippen LogP contribution >= 0.6 is 0 Å². The zero-order valence-corrected chi connectivity index (χ0v) is 16.9. The van der Waals surface area contributed by atoms with Crippen molar-refractivity contribution >= 4 is 23.0 Å². The number of ether oxygens (including phenoxy) is 1. The second-order valence-electron chi connectivity index (χ2n) is 7.87. The predicted molar refractivity (Wildman–Crippen MR) is 116 cm³/mol. The van der Waals surface area contributed by atoms with E-state index in [1.165, 1.54) is 25.7 Å². The third kappa shape index (κ3) is 5.26. The predicted octanol–water partition coefficient (Wildman–Crippen LogP) is 4.11. The Morgan fingerprint density at radius 2 is 1.79 bits per heavy atom. The number of hydrogen-bond acceptors (Lipinski definition) is 5. The highest BCUT2D eigenvalue weighted by Crippen LogP contribution is 2.29. The van der Waals surface area contributed by atoms with Crippen molar-refractivity contribution < 1.29 is 9.53 Å². The van der Waals surface area contributed by atoms with Gasteiger partial charge in [0.15, 0.2) is 0 Å². The highest BCUT2D eigenvalue weighted by atomic mass is 16.5. The molecular weight excluding hydrogens is 364 g/mol. The van der Waals surface area contributed by atoms with Gasteiger partial charge in [-0.3, -0.25) is 9.78 Å². The van der Waals surface area contributed by atoms with Gasteiger partial charge in [0.25, 0.3) is 5.91 Å². The molecule has 1 saturated carbocycles. The van der Waals surface area contributed by atoms with Gasteiger partial charge in [-0.2, -0.15) is 0 Å². The quantitative estimate of drug-likeness (QED) is 0.747. The molecule has 1 aliphatic carbocycles. The van der Waals surface area contributed by atoms with E-state index in [-0.39, 0.29) is 11.9 Å². The fraction of sp³-hybridized carbons (Fsp3) is 0.478. The van der Waals surface area contributed by atoms with Crippen LogP contribution in [-0.2, 0) is 4.74 Å². The van der Waals surface area contributed by atoms with Crippen molar-refractivity contribution in [3.05, 3.63) is 48.3 Å². The molecule has 0 bridgehead atoms. The van der Waals surface area contributed by atoms with E-state index in [0.29, 0.717) is 5.56 Å². The normalized spacial score (nSPS) is 18.1. The molecule has 0 spiro atoms. The van der Waals surface area contributed by atoms with Crippen molar-refractivity contribution in [1.82, 2.24) is 10.3 Å². The number of carbonyl (C=O) groups is 1. The van der Waals surface area contributed by atoms with Crippen LogP contribution in [0, 0.1) is 0 Å². The van der Waals surface area contributed by atoms with Crippen LogP contribution in [0.1, 0.15) is 48.9 Å². The number of benzene rings is 1. The molecule has 4 rings (SSSR count). The number of carbonyl (C=O) groups excluding carboxylic acids is 1. The zero-order valence-electron chi connectivity index (χ0n) is 16.9. The summed E-state index contributed by atoms with van der Waals surface area (Å²) in [6, 6.07) is 10.4. The molecule has 29 heavy (non-hydrogen) atoms. The van der Waals surface area contributed by atoms with Crippen LogP contribution in [-0.4, -0.2) is 43.2 Å². The second-order valence-corrected chi connectivity index (χ2v) is 7.87. The Balaban J connectivity index is 1.46. The monoisotopic (exact) mass is 394 g/mol. The summed E-state index contributed by atoms with van der Waals surface area (Å²) in [6.45, 7) is 3.24. The van der Waals surface area contributed by atoms with Gasteiger partial charge in [-0.1, -0.05) is 37.8 Å². The molecule has 2 aliphatic rings. The molecule has 6 heteroatoms.